The van der Waals surface area contributed by atoms with Crippen LogP contribution >= 0.6 is 0 Å². The molecule has 0 saturated heterocycles. The first-order chi connectivity index (χ1) is 10.4. The van der Waals surface area contributed by atoms with E-state index >= 15 is 0 Å². The van der Waals surface area contributed by atoms with E-state index in [9.17, 15) is 5.11 Å². The molecule has 0 aliphatic carbocycles. The minimum atomic E-state index is -2.18. The average Bonchev–Trinajstić information content (AvgIpc) is 2.48. The number of aromatic hydroxyl groups is 1. The zero-order chi connectivity index (χ0) is 18.2. The maximum atomic E-state index is 10.9. The molecule has 0 atom stereocenters. The first kappa shape index (κ1) is 21.2. The summed E-state index contributed by atoms with van der Waals surface area (Å²) in [6.45, 7) is 15.1. The third-order valence-corrected chi connectivity index (χ3v) is 22.5. The number of aryl methyl sites for hydroxylation is 1. The second kappa shape index (κ2) is 7.21. The summed E-state index contributed by atoms with van der Waals surface area (Å²) in [7, 11) is -4.33. The molecule has 0 aliphatic heterocycles. The lowest BCUT2D eigenvalue weighted by atomic mass is 10.2. The smallest absolute Gasteiger partial charge is 0.209 e. The fourth-order valence-electron chi connectivity index (χ4n) is 2.69. The Labute approximate surface area is 153 Å². The number of hydrogen-bond donors (Lipinski definition) is 1. The van der Waals surface area contributed by atoms with Gasteiger partial charge in [0.1, 0.15) is 37.2 Å². The van der Waals surface area contributed by atoms with Crippen molar-refractivity contribution in [3.63, 3.8) is 0 Å². The minimum Gasteiger partial charge on any atom is -0.508 e. The summed E-state index contributed by atoms with van der Waals surface area (Å²) in [5, 5.41) is 14.2. The molecule has 10 heteroatoms. The average molecular weight is 420 g/mol. The monoisotopic (exact) mass is 419 g/mol. The molecule has 4 nitrogen and oxygen atoms in total. The summed E-state index contributed by atoms with van der Waals surface area (Å²) in [6.07, 6.45) is 0. The summed E-state index contributed by atoms with van der Waals surface area (Å²) in [5.74, 6) is 0.355. The summed E-state index contributed by atoms with van der Waals surface area (Å²) >= 11 is 0. The van der Waals surface area contributed by atoms with Gasteiger partial charge in [-0.3, -0.25) is 0 Å². The van der Waals surface area contributed by atoms with E-state index in [4.69, 9.17) is 12.3 Å². The molecule has 1 aromatic rings. The number of rotatable bonds is 6. The molecule has 23 heavy (non-hydrogen) atoms. The number of hydrogen-bond acceptors (Lipinski definition) is 4. The van der Waals surface area contributed by atoms with E-state index in [1.54, 1.807) is 0 Å². The Morgan fingerprint density at radius 1 is 0.783 bits per heavy atom. The molecule has 0 heterocycles. The van der Waals surface area contributed by atoms with E-state index in [1.165, 1.54) is 10.4 Å². The Morgan fingerprint density at radius 2 is 1.17 bits per heavy atom. The highest BCUT2D eigenvalue weighted by Gasteiger charge is 2.42. The molecule has 0 saturated carbocycles. The number of benzene rings is 1. The van der Waals surface area contributed by atoms with E-state index < -0.39 is 25.0 Å². The molecular weight excluding hydrogens is 389 g/mol. The van der Waals surface area contributed by atoms with Crippen LogP contribution in [0.25, 0.3) is 0 Å². The highest BCUT2D eigenvalue weighted by molar-refractivity contribution is 7.01. The van der Waals surface area contributed by atoms with Gasteiger partial charge in [-0.25, -0.2) is 0 Å². The highest BCUT2D eigenvalue weighted by Crippen LogP contribution is 2.20. The molecule has 1 aromatic carbocycles. The topological polar surface area (TPSA) is 47.9 Å². The molecule has 0 spiro atoms. The van der Waals surface area contributed by atoms with Gasteiger partial charge in [0.05, 0.1) is 0 Å². The van der Waals surface area contributed by atoms with Gasteiger partial charge in [0, 0.05) is 5.19 Å². The lowest BCUT2D eigenvalue weighted by Crippen LogP contribution is -2.70. The molecule has 131 valence electrons. The molecule has 0 fully saturated rings. The van der Waals surface area contributed by atoms with Crippen LogP contribution in [0.2, 0.25) is 39.3 Å². The summed E-state index contributed by atoms with van der Waals surface area (Å²) < 4.78 is 18.1. The van der Waals surface area contributed by atoms with Crippen LogP contribution in [0.3, 0.4) is 0 Å². The third-order valence-electron chi connectivity index (χ3n) is 4.74. The molecule has 1 N–H and O–H groups in total. The van der Waals surface area contributed by atoms with Gasteiger partial charge in [0.2, 0.25) is 25.0 Å². The van der Waals surface area contributed by atoms with Crippen molar-refractivity contribution in [2.75, 3.05) is 0 Å². The van der Waals surface area contributed by atoms with Crippen molar-refractivity contribution < 1.29 is 17.5 Å². The number of phenolic OH excluding ortho intramolecular Hbond substituents is 1. The van der Waals surface area contributed by atoms with Crippen LogP contribution in [0.1, 0.15) is 5.56 Å². The van der Waals surface area contributed by atoms with Crippen molar-refractivity contribution in [1.29, 1.82) is 0 Å². The second-order valence-corrected chi connectivity index (χ2v) is 22.8. The van der Waals surface area contributed by atoms with Crippen LogP contribution in [0.15, 0.2) is 0 Å². The normalized spacial score (nSPS) is 13.9. The Hall–Kier alpha value is 0.201. The fourth-order valence-corrected chi connectivity index (χ4v) is 13.0. The summed E-state index contributed by atoms with van der Waals surface area (Å²) in [5.41, 5.74) is 0.801. The maximum Gasteiger partial charge on any atom is 0.209 e. The summed E-state index contributed by atoms with van der Waals surface area (Å²) in [4.78, 5) is 0. The summed E-state index contributed by atoms with van der Waals surface area (Å²) in [6, 6.07) is 3.47. The SMILES string of the molecule is Cc1[c]c([Si](C)(C)O[SiH3])c([Si](C)(C)O[SiH3])c([Si](C)(C)O[SiH3])c1O. The quantitative estimate of drug-likeness (QED) is 0.524. The largest absolute Gasteiger partial charge is 0.508 e. The standard InChI is InChI=1S/C13H31O4Si6/c1-9-8-10(21(2,3)15-18)12(22(4,5)16-19)13(11(9)14)23(6,7)17-20/h14H,1-7,18-20H3. The predicted molar refractivity (Wildman–Crippen MR) is 116 cm³/mol. The van der Waals surface area contributed by atoms with Crippen LogP contribution in [-0.4, -0.2) is 61.5 Å². The lowest BCUT2D eigenvalue weighted by molar-refractivity contribution is 0.473. The molecule has 1 rings (SSSR count). The lowest BCUT2D eigenvalue weighted by Gasteiger charge is -2.37. The van der Waals surface area contributed by atoms with E-state index in [2.05, 4.69) is 45.3 Å². The van der Waals surface area contributed by atoms with Crippen molar-refractivity contribution in [2.24, 2.45) is 0 Å². The molecule has 0 aliphatic rings. The Kier molecular flexibility index (Phi) is 6.66. The van der Waals surface area contributed by atoms with Gasteiger partial charge in [-0.15, -0.1) is 0 Å². The Morgan fingerprint density at radius 3 is 1.57 bits per heavy atom. The van der Waals surface area contributed by atoms with E-state index in [0.29, 0.717) is 37.2 Å². The van der Waals surface area contributed by atoms with E-state index in [0.717, 1.165) is 10.8 Å². The van der Waals surface area contributed by atoms with Crippen molar-refractivity contribution in [2.45, 2.75) is 46.2 Å². The molecule has 1 radical (unpaired) electrons. The minimum absolute atomic E-state index is 0.355. The van der Waals surface area contributed by atoms with Crippen LogP contribution in [-0.2, 0) is 12.3 Å². The molecule has 0 unspecified atom stereocenters. The van der Waals surface area contributed by atoms with Gasteiger partial charge in [-0.05, 0) is 68.2 Å². The Balaban J connectivity index is 4.02. The van der Waals surface area contributed by atoms with Crippen molar-refractivity contribution in [3.8, 4) is 5.75 Å². The fraction of sp³-hybridized carbons (Fsp3) is 0.538. The molecule has 0 bridgehead atoms. The van der Waals surface area contributed by atoms with E-state index in [-0.39, 0.29) is 0 Å². The van der Waals surface area contributed by atoms with E-state index in [1.807, 2.05) is 6.92 Å². The zero-order valence-electron chi connectivity index (χ0n) is 16.2. The highest BCUT2D eigenvalue weighted by atomic mass is 28.4. The van der Waals surface area contributed by atoms with Crippen LogP contribution in [0.4, 0.5) is 0 Å². The van der Waals surface area contributed by atoms with Gasteiger partial charge in [0.25, 0.3) is 0 Å². The van der Waals surface area contributed by atoms with Gasteiger partial charge in [0.15, 0.2) is 0 Å². The van der Waals surface area contributed by atoms with Crippen LogP contribution in [0, 0.1) is 13.0 Å². The van der Waals surface area contributed by atoms with Crippen molar-refractivity contribution in [1.82, 2.24) is 0 Å². The van der Waals surface area contributed by atoms with Gasteiger partial charge in [-0.2, -0.15) is 0 Å². The first-order valence-electron chi connectivity index (χ1n) is 7.81. The van der Waals surface area contributed by atoms with Crippen molar-refractivity contribution >= 4 is 72.0 Å². The number of phenols is 1. The third kappa shape index (κ3) is 4.07. The first-order valence-corrected chi connectivity index (χ1v) is 19.0. The molecule has 0 amide bonds. The maximum absolute atomic E-state index is 10.9. The zero-order valence-corrected chi connectivity index (χ0v) is 25.2. The molecular formula is C13H31O4Si6. The second-order valence-electron chi connectivity index (χ2n) is 7.37. The Bertz CT molecular complexity index is 588. The molecule has 0 aromatic heterocycles. The van der Waals surface area contributed by atoms with Gasteiger partial charge >= 0.3 is 0 Å². The van der Waals surface area contributed by atoms with Gasteiger partial charge < -0.3 is 17.5 Å². The van der Waals surface area contributed by atoms with Crippen LogP contribution < -0.4 is 15.6 Å². The predicted octanol–water partition coefficient (Wildman–Crippen LogP) is -2.37. The van der Waals surface area contributed by atoms with Crippen LogP contribution in [0.5, 0.6) is 5.75 Å². The van der Waals surface area contributed by atoms with Gasteiger partial charge in [-0.1, -0.05) is 0 Å². The van der Waals surface area contributed by atoms with Crippen molar-refractivity contribution in [3.05, 3.63) is 11.6 Å².